The van der Waals surface area contributed by atoms with Gasteiger partial charge in [0.25, 0.3) is 5.91 Å². The third-order valence-corrected chi connectivity index (χ3v) is 7.77. The van der Waals surface area contributed by atoms with Crippen molar-refractivity contribution >= 4 is 28.2 Å². The number of halogens is 2. The Labute approximate surface area is 215 Å². The van der Waals surface area contributed by atoms with E-state index in [2.05, 4.69) is 55.9 Å². The van der Waals surface area contributed by atoms with Gasteiger partial charge in [-0.1, -0.05) is 28.6 Å². The minimum atomic E-state index is -0.978. The Hall–Kier alpha value is -2.23. The number of aliphatic imine (C=N–C) groups is 1. The minimum absolute atomic E-state index is 0.140. The highest BCUT2D eigenvalue weighted by atomic mass is 79.9. The highest BCUT2D eigenvalue weighted by Gasteiger charge is 2.31. The number of rotatable bonds is 6. The van der Waals surface area contributed by atoms with E-state index in [4.69, 9.17) is 10.5 Å². The number of amides is 1. The predicted molar refractivity (Wildman–Crippen MR) is 140 cm³/mol. The van der Waals surface area contributed by atoms with Crippen LogP contribution in [0.4, 0.5) is 4.39 Å². The number of piperidine rings is 1. The molecule has 0 spiro atoms. The standard InChI is InChI=1S/C26H35BrFN5O2/c1-17(18(2)33-9-5-19-3-4-21(27)13-20(19)14-33)25(30-16-29)26(34)32-10-6-22(7-11-32)31-24-8-12-35-15-23(24)28/h3-4,13,16,22-24,31H,2,5-12,14-15H2,1H3,(H2,29,30)/b25-17-/t23-,24+/m0/s1. The zero-order chi connectivity index (χ0) is 24.9. The first-order valence-electron chi connectivity index (χ1n) is 12.3. The van der Waals surface area contributed by atoms with Gasteiger partial charge in [-0.15, -0.1) is 0 Å². The zero-order valence-corrected chi connectivity index (χ0v) is 21.9. The molecule has 0 aromatic heterocycles. The van der Waals surface area contributed by atoms with Gasteiger partial charge in [-0.05, 0) is 55.9 Å². The van der Waals surface area contributed by atoms with Gasteiger partial charge in [-0.25, -0.2) is 9.38 Å². The summed E-state index contributed by atoms with van der Waals surface area (Å²) in [5.74, 6) is -0.140. The average Bonchev–Trinajstić information content (AvgIpc) is 2.87. The molecule has 0 saturated carbocycles. The van der Waals surface area contributed by atoms with Crippen molar-refractivity contribution in [2.75, 3.05) is 32.8 Å². The van der Waals surface area contributed by atoms with Crippen LogP contribution in [0.15, 0.2) is 51.2 Å². The lowest BCUT2D eigenvalue weighted by molar-refractivity contribution is -0.128. The van der Waals surface area contributed by atoms with Crippen molar-refractivity contribution < 1.29 is 13.9 Å². The third kappa shape index (κ3) is 6.13. The van der Waals surface area contributed by atoms with Crippen LogP contribution in [0.1, 0.15) is 37.3 Å². The fourth-order valence-corrected chi connectivity index (χ4v) is 5.52. The molecule has 1 amide bonds. The van der Waals surface area contributed by atoms with Crippen molar-refractivity contribution in [2.45, 2.75) is 57.4 Å². The van der Waals surface area contributed by atoms with Crippen molar-refractivity contribution in [1.82, 2.24) is 15.1 Å². The maximum absolute atomic E-state index is 14.1. The molecular weight excluding hydrogens is 513 g/mol. The van der Waals surface area contributed by atoms with Gasteiger partial charge in [0.1, 0.15) is 11.9 Å². The number of fused-ring (bicyclic) bond motifs is 1. The number of ether oxygens (including phenoxy) is 1. The van der Waals surface area contributed by atoms with Gasteiger partial charge in [-0.2, -0.15) is 0 Å². The van der Waals surface area contributed by atoms with Crippen LogP contribution in [0.25, 0.3) is 0 Å². The number of nitrogens with one attached hydrogen (secondary N) is 1. The number of likely N-dealkylation sites (tertiary alicyclic amines) is 1. The Balaban J connectivity index is 1.40. The van der Waals surface area contributed by atoms with Crippen LogP contribution >= 0.6 is 15.9 Å². The molecule has 3 aliphatic rings. The molecule has 35 heavy (non-hydrogen) atoms. The van der Waals surface area contributed by atoms with Gasteiger partial charge in [0, 0.05) is 60.6 Å². The quantitative estimate of drug-likeness (QED) is 0.247. The van der Waals surface area contributed by atoms with E-state index in [-0.39, 0.29) is 24.6 Å². The summed E-state index contributed by atoms with van der Waals surface area (Å²) in [4.78, 5) is 21.7. The Morgan fingerprint density at radius 3 is 2.74 bits per heavy atom. The number of nitrogens with zero attached hydrogens (tertiary/aromatic N) is 3. The lowest BCUT2D eigenvalue weighted by atomic mass is 9.98. The molecule has 3 aliphatic heterocycles. The van der Waals surface area contributed by atoms with E-state index in [1.807, 2.05) is 11.8 Å². The van der Waals surface area contributed by atoms with E-state index in [0.717, 1.165) is 48.1 Å². The monoisotopic (exact) mass is 547 g/mol. The molecule has 1 aromatic rings. The lowest BCUT2D eigenvalue weighted by Crippen LogP contribution is -2.52. The summed E-state index contributed by atoms with van der Waals surface area (Å²) in [7, 11) is 0. The van der Waals surface area contributed by atoms with Crippen molar-refractivity contribution in [3.63, 3.8) is 0 Å². The largest absolute Gasteiger partial charge is 0.390 e. The van der Waals surface area contributed by atoms with Crippen molar-refractivity contribution in [1.29, 1.82) is 0 Å². The molecule has 1 aromatic carbocycles. The molecule has 0 aliphatic carbocycles. The van der Waals surface area contributed by atoms with Crippen molar-refractivity contribution in [3.05, 3.63) is 57.3 Å². The van der Waals surface area contributed by atoms with E-state index in [1.165, 1.54) is 17.5 Å². The molecule has 0 bridgehead atoms. The minimum Gasteiger partial charge on any atom is -0.390 e. The first-order chi connectivity index (χ1) is 16.9. The predicted octanol–water partition coefficient (Wildman–Crippen LogP) is 3.29. The summed E-state index contributed by atoms with van der Waals surface area (Å²) in [5.41, 5.74) is 10.1. The van der Waals surface area contributed by atoms with Crippen molar-refractivity contribution in [3.8, 4) is 0 Å². The summed E-state index contributed by atoms with van der Waals surface area (Å²) in [6.45, 7) is 9.68. The summed E-state index contributed by atoms with van der Waals surface area (Å²) in [6.07, 6.45) is 3.34. The molecule has 190 valence electrons. The first kappa shape index (κ1) is 25.9. The molecule has 4 rings (SSSR count). The average molecular weight is 549 g/mol. The number of allylic oxidation sites excluding steroid dienone is 1. The van der Waals surface area contributed by atoms with Gasteiger partial charge >= 0.3 is 0 Å². The number of hydrogen-bond acceptors (Lipinski definition) is 5. The molecule has 0 radical (unpaired) electrons. The summed E-state index contributed by atoms with van der Waals surface area (Å²) < 4.78 is 20.4. The fraction of sp³-hybridized carbons (Fsp3) is 0.538. The second-order valence-electron chi connectivity index (χ2n) is 9.50. The maximum atomic E-state index is 14.1. The Bertz CT molecular complexity index is 1010. The molecule has 2 saturated heterocycles. The lowest BCUT2D eigenvalue weighted by Gasteiger charge is -2.37. The maximum Gasteiger partial charge on any atom is 0.272 e. The zero-order valence-electron chi connectivity index (χ0n) is 20.3. The van der Waals surface area contributed by atoms with Gasteiger partial charge in [-0.3, -0.25) is 4.79 Å². The number of nitrogens with two attached hydrogens (primary N) is 1. The highest BCUT2D eigenvalue weighted by molar-refractivity contribution is 9.10. The van der Waals surface area contributed by atoms with Gasteiger partial charge < -0.3 is 25.6 Å². The summed E-state index contributed by atoms with van der Waals surface area (Å²) in [5, 5.41) is 3.44. The van der Waals surface area contributed by atoms with Crippen LogP contribution in [0.3, 0.4) is 0 Å². The molecule has 0 unspecified atom stereocenters. The summed E-state index contributed by atoms with van der Waals surface area (Å²) >= 11 is 3.56. The topological polar surface area (TPSA) is 83.2 Å². The molecule has 7 nitrogen and oxygen atoms in total. The Morgan fingerprint density at radius 1 is 1.26 bits per heavy atom. The smallest absolute Gasteiger partial charge is 0.272 e. The molecular formula is C26H35BrFN5O2. The highest BCUT2D eigenvalue weighted by Crippen LogP contribution is 2.29. The van der Waals surface area contributed by atoms with Crippen molar-refractivity contribution in [2.24, 2.45) is 10.7 Å². The molecule has 3 N–H and O–H groups in total. The van der Waals surface area contributed by atoms with Crippen LogP contribution in [-0.4, -0.2) is 73.1 Å². The summed E-state index contributed by atoms with van der Waals surface area (Å²) in [6, 6.07) is 6.38. The van der Waals surface area contributed by atoms with E-state index in [9.17, 15) is 9.18 Å². The second-order valence-corrected chi connectivity index (χ2v) is 10.4. The van der Waals surface area contributed by atoms with E-state index >= 15 is 0 Å². The number of hydrogen-bond donors (Lipinski definition) is 2. The van der Waals surface area contributed by atoms with Gasteiger partial charge in [0.2, 0.25) is 0 Å². The second kappa shape index (κ2) is 11.7. The number of carbonyl (C=O) groups excluding carboxylic acids is 1. The van der Waals surface area contributed by atoms with Gasteiger partial charge in [0.05, 0.1) is 12.9 Å². The number of benzene rings is 1. The molecule has 2 atom stereocenters. The van der Waals surface area contributed by atoms with Crippen LogP contribution in [0, 0.1) is 0 Å². The van der Waals surface area contributed by atoms with Crippen LogP contribution in [-0.2, 0) is 22.5 Å². The Morgan fingerprint density at radius 2 is 2.03 bits per heavy atom. The van der Waals surface area contributed by atoms with E-state index in [0.29, 0.717) is 31.8 Å². The van der Waals surface area contributed by atoms with E-state index < -0.39 is 6.17 Å². The van der Waals surface area contributed by atoms with Crippen LogP contribution in [0.2, 0.25) is 0 Å². The van der Waals surface area contributed by atoms with Gasteiger partial charge in [0.15, 0.2) is 0 Å². The molecule has 2 fully saturated rings. The number of alkyl halides is 1. The Kier molecular flexibility index (Phi) is 8.62. The third-order valence-electron chi connectivity index (χ3n) is 7.28. The van der Waals surface area contributed by atoms with Crippen LogP contribution < -0.4 is 11.1 Å². The molecule has 9 heteroatoms. The molecule has 3 heterocycles. The normalized spacial score (nSPS) is 24.3. The van der Waals surface area contributed by atoms with E-state index in [1.54, 1.807) is 0 Å². The van der Waals surface area contributed by atoms with Crippen LogP contribution in [0.5, 0.6) is 0 Å². The fourth-order valence-electron chi connectivity index (χ4n) is 5.11. The number of carbonyl (C=O) groups is 1. The SMILES string of the molecule is C=C(/C(C)=C(\N=C/N)C(=O)N1CCC(N[C@@H]2CCOC[C@@H]2F)CC1)N1CCc2ccc(Br)cc2C1. The first-order valence-corrected chi connectivity index (χ1v) is 13.1.